The molecule has 2 aromatic rings. The Morgan fingerprint density at radius 2 is 1.86 bits per heavy atom. The number of nitrogen functional groups attached to an aromatic ring is 1. The highest BCUT2D eigenvalue weighted by molar-refractivity contribution is 5.75. The van der Waals surface area contributed by atoms with Gasteiger partial charge in [0.05, 0.1) is 11.4 Å². The van der Waals surface area contributed by atoms with Crippen molar-refractivity contribution in [2.24, 2.45) is 0 Å². The molecular formula is C23H27F2N3. The van der Waals surface area contributed by atoms with Crippen LogP contribution in [-0.4, -0.2) is 31.1 Å². The average molecular weight is 383 g/mol. The molecule has 2 aliphatic rings. The van der Waals surface area contributed by atoms with Crippen molar-refractivity contribution in [1.82, 2.24) is 4.90 Å². The molecule has 2 N–H and O–H groups in total. The fraction of sp³-hybridized carbons (Fsp3) is 0.391. The number of hydrogen-bond donors (Lipinski definition) is 1. The van der Waals surface area contributed by atoms with Gasteiger partial charge in [0.25, 0.3) is 0 Å². The number of benzene rings is 2. The predicted molar refractivity (Wildman–Crippen MR) is 110 cm³/mol. The maximum Gasteiger partial charge on any atom is 0.125 e. The van der Waals surface area contributed by atoms with E-state index in [4.69, 9.17) is 5.73 Å². The Morgan fingerprint density at radius 1 is 1.07 bits per heavy atom. The molecule has 148 valence electrons. The zero-order valence-corrected chi connectivity index (χ0v) is 16.1. The summed E-state index contributed by atoms with van der Waals surface area (Å²) >= 11 is 0. The Labute approximate surface area is 165 Å². The van der Waals surface area contributed by atoms with Gasteiger partial charge in [-0.15, -0.1) is 0 Å². The van der Waals surface area contributed by atoms with Crippen LogP contribution in [0.25, 0.3) is 0 Å². The summed E-state index contributed by atoms with van der Waals surface area (Å²) in [4.78, 5) is 4.55. The van der Waals surface area contributed by atoms with E-state index in [1.165, 1.54) is 12.1 Å². The first-order valence-electron chi connectivity index (χ1n) is 10.0. The van der Waals surface area contributed by atoms with Gasteiger partial charge < -0.3 is 10.6 Å². The van der Waals surface area contributed by atoms with E-state index in [0.29, 0.717) is 11.6 Å². The number of hydrogen-bond acceptors (Lipinski definition) is 3. The second-order valence-electron chi connectivity index (χ2n) is 7.93. The SMILES string of the molecule is C=C(CN1CCC(c2cccc(F)c2)CC1)N1CCCc2cc(F)cc(N)c21. The molecule has 2 heterocycles. The van der Waals surface area contributed by atoms with E-state index in [9.17, 15) is 8.78 Å². The summed E-state index contributed by atoms with van der Waals surface area (Å²) in [5, 5.41) is 0. The van der Waals surface area contributed by atoms with Gasteiger partial charge in [-0.05, 0) is 80.1 Å². The van der Waals surface area contributed by atoms with Crippen molar-refractivity contribution in [1.29, 1.82) is 0 Å². The van der Waals surface area contributed by atoms with Crippen molar-refractivity contribution in [2.45, 2.75) is 31.6 Å². The van der Waals surface area contributed by atoms with Gasteiger partial charge in [-0.3, -0.25) is 4.90 Å². The van der Waals surface area contributed by atoms with Crippen molar-refractivity contribution >= 4 is 11.4 Å². The van der Waals surface area contributed by atoms with E-state index >= 15 is 0 Å². The number of piperidine rings is 1. The quantitative estimate of drug-likeness (QED) is 0.777. The van der Waals surface area contributed by atoms with Crippen LogP contribution in [0.1, 0.15) is 36.3 Å². The molecule has 0 saturated carbocycles. The molecule has 0 spiro atoms. The first-order valence-corrected chi connectivity index (χ1v) is 10.0. The average Bonchev–Trinajstić information content (AvgIpc) is 2.68. The predicted octanol–water partition coefficient (Wildman–Crippen LogP) is 4.69. The van der Waals surface area contributed by atoms with E-state index < -0.39 is 0 Å². The monoisotopic (exact) mass is 383 g/mol. The number of halogens is 2. The number of nitrogens with two attached hydrogens (primary N) is 1. The van der Waals surface area contributed by atoms with Crippen molar-refractivity contribution in [3.63, 3.8) is 0 Å². The number of likely N-dealkylation sites (tertiary alicyclic amines) is 1. The molecule has 28 heavy (non-hydrogen) atoms. The largest absolute Gasteiger partial charge is 0.397 e. The Kier molecular flexibility index (Phi) is 5.36. The molecule has 4 rings (SSSR count). The van der Waals surface area contributed by atoms with E-state index in [-0.39, 0.29) is 11.6 Å². The lowest BCUT2D eigenvalue weighted by atomic mass is 9.89. The van der Waals surface area contributed by atoms with Crippen molar-refractivity contribution in [3.05, 3.63) is 71.4 Å². The number of anilines is 2. The first kappa shape index (κ1) is 18.9. The second kappa shape index (κ2) is 7.92. The van der Waals surface area contributed by atoms with Crippen LogP contribution in [0.3, 0.4) is 0 Å². The van der Waals surface area contributed by atoms with Gasteiger partial charge in [0.2, 0.25) is 0 Å². The van der Waals surface area contributed by atoms with Crippen molar-refractivity contribution in [2.75, 3.05) is 36.8 Å². The fourth-order valence-corrected chi connectivity index (χ4v) is 4.58. The molecule has 3 nitrogen and oxygen atoms in total. The molecule has 2 aliphatic heterocycles. The minimum Gasteiger partial charge on any atom is -0.397 e. The Morgan fingerprint density at radius 3 is 2.61 bits per heavy atom. The minimum absolute atomic E-state index is 0.161. The molecule has 1 saturated heterocycles. The molecule has 0 aromatic heterocycles. The third-order valence-corrected chi connectivity index (χ3v) is 5.98. The first-order chi connectivity index (χ1) is 13.5. The summed E-state index contributed by atoms with van der Waals surface area (Å²) in [7, 11) is 0. The molecule has 0 aliphatic carbocycles. The molecule has 1 fully saturated rings. The third kappa shape index (κ3) is 3.90. The summed E-state index contributed by atoms with van der Waals surface area (Å²) in [6.07, 6.45) is 3.85. The van der Waals surface area contributed by atoms with Gasteiger partial charge in [0.15, 0.2) is 0 Å². The number of fused-ring (bicyclic) bond motifs is 1. The molecule has 5 heteroatoms. The molecule has 2 aromatic carbocycles. The Hall–Kier alpha value is -2.40. The van der Waals surface area contributed by atoms with Crippen LogP contribution in [0.15, 0.2) is 48.7 Å². The van der Waals surface area contributed by atoms with Gasteiger partial charge in [0.1, 0.15) is 11.6 Å². The highest BCUT2D eigenvalue weighted by atomic mass is 19.1. The van der Waals surface area contributed by atoms with E-state index in [0.717, 1.165) is 74.4 Å². The summed E-state index contributed by atoms with van der Waals surface area (Å²) in [6.45, 7) is 7.86. The van der Waals surface area contributed by atoms with Gasteiger partial charge in [-0.1, -0.05) is 18.7 Å². The van der Waals surface area contributed by atoms with Gasteiger partial charge >= 0.3 is 0 Å². The zero-order chi connectivity index (χ0) is 19.7. The molecule has 0 bridgehead atoms. The standard InChI is InChI=1S/C23H27F2N3/c1-16(28-9-3-5-19-13-21(25)14-22(26)23(19)28)15-27-10-7-17(8-11-27)18-4-2-6-20(24)12-18/h2,4,6,12-14,17H,1,3,5,7-11,15,26H2. The summed E-state index contributed by atoms with van der Waals surface area (Å²) < 4.78 is 27.2. The maximum absolute atomic E-state index is 13.7. The Balaban J connectivity index is 1.40. The molecule has 0 radical (unpaired) electrons. The molecule has 0 atom stereocenters. The molecule has 0 unspecified atom stereocenters. The summed E-state index contributed by atoms with van der Waals surface area (Å²) in [5.41, 5.74) is 10.6. The van der Waals surface area contributed by atoms with Crippen LogP contribution < -0.4 is 10.6 Å². The lowest BCUT2D eigenvalue weighted by Gasteiger charge is -2.38. The smallest absolute Gasteiger partial charge is 0.125 e. The van der Waals surface area contributed by atoms with Crippen LogP contribution in [0.5, 0.6) is 0 Å². The summed E-state index contributed by atoms with van der Waals surface area (Å²) in [6, 6.07) is 9.96. The molecule has 0 amide bonds. The van der Waals surface area contributed by atoms with Gasteiger partial charge in [0, 0.05) is 18.8 Å². The van der Waals surface area contributed by atoms with E-state index in [1.807, 2.05) is 6.07 Å². The van der Waals surface area contributed by atoms with E-state index in [1.54, 1.807) is 18.2 Å². The topological polar surface area (TPSA) is 32.5 Å². The van der Waals surface area contributed by atoms with Gasteiger partial charge in [-0.25, -0.2) is 8.78 Å². The zero-order valence-electron chi connectivity index (χ0n) is 16.1. The number of rotatable bonds is 4. The van der Waals surface area contributed by atoms with Gasteiger partial charge in [-0.2, -0.15) is 0 Å². The number of aryl methyl sites for hydroxylation is 1. The minimum atomic E-state index is -0.275. The van der Waals surface area contributed by atoms with Crippen LogP contribution in [-0.2, 0) is 6.42 Å². The lowest BCUT2D eigenvalue weighted by Crippen LogP contribution is -2.39. The van der Waals surface area contributed by atoms with Crippen LogP contribution >= 0.6 is 0 Å². The third-order valence-electron chi connectivity index (χ3n) is 5.98. The highest BCUT2D eigenvalue weighted by Gasteiger charge is 2.26. The maximum atomic E-state index is 13.7. The second-order valence-corrected chi connectivity index (χ2v) is 7.93. The van der Waals surface area contributed by atoms with Crippen LogP contribution in [0, 0.1) is 11.6 Å². The lowest BCUT2D eigenvalue weighted by molar-refractivity contribution is 0.226. The van der Waals surface area contributed by atoms with Crippen molar-refractivity contribution < 1.29 is 8.78 Å². The normalized spacial score (nSPS) is 18.1. The van der Waals surface area contributed by atoms with Crippen molar-refractivity contribution in [3.8, 4) is 0 Å². The van der Waals surface area contributed by atoms with Crippen LogP contribution in [0.4, 0.5) is 20.2 Å². The van der Waals surface area contributed by atoms with Crippen LogP contribution in [0.2, 0.25) is 0 Å². The number of nitrogens with zero attached hydrogens (tertiary/aromatic N) is 2. The summed E-state index contributed by atoms with van der Waals surface area (Å²) in [5.74, 6) is -0.0243. The Bertz CT molecular complexity index is 872. The van der Waals surface area contributed by atoms with E-state index in [2.05, 4.69) is 16.4 Å². The highest BCUT2D eigenvalue weighted by Crippen LogP contribution is 2.36. The fourth-order valence-electron chi connectivity index (χ4n) is 4.58. The molecular weight excluding hydrogens is 356 g/mol.